The van der Waals surface area contributed by atoms with E-state index in [2.05, 4.69) is 10.9 Å². The summed E-state index contributed by atoms with van der Waals surface area (Å²) in [6, 6.07) is 28.8. The largest absolute Gasteiger partial charge is 0.447 e. The van der Waals surface area contributed by atoms with Gasteiger partial charge >= 0.3 is 18.3 Å². The highest BCUT2D eigenvalue weighted by Crippen LogP contribution is 2.44. The third-order valence-electron chi connectivity index (χ3n) is 12.6. The van der Waals surface area contributed by atoms with Crippen molar-refractivity contribution in [1.29, 1.82) is 0 Å². The number of likely N-dealkylation sites (N-methyl/N-ethyl adjacent to an activating group) is 1. The zero-order valence-electron chi connectivity index (χ0n) is 40.4. The van der Waals surface area contributed by atoms with Crippen molar-refractivity contribution in [2.45, 2.75) is 109 Å². The van der Waals surface area contributed by atoms with Gasteiger partial charge in [0.1, 0.15) is 49.6 Å². The molecular weight excluding hydrogens is 899 g/mol. The Hall–Kier alpha value is -7.47. The molecule has 0 spiro atoms. The Morgan fingerprint density at radius 3 is 1.84 bits per heavy atom. The molecular formula is C52H61N7O11. The molecule has 4 aromatic rings. The van der Waals surface area contributed by atoms with E-state index < -0.39 is 71.7 Å². The fourth-order valence-electron chi connectivity index (χ4n) is 8.95. The number of likely N-dealkylation sites (tertiary alicyclic amines) is 1. The quantitative estimate of drug-likeness (QED) is 0.107. The molecule has 2 aliphatic heterocycles. The fourth-order valence-corrected chi connectivity index (χ4v) is 8.95. The maximum atomic E-state index is 15.2. The molecule has 0 aromatic heterocycles. The third-order valence-corrected chi connectivity index (χ3v) is 12.6. The molecule has 2 fully saturated rings. The van der Waals surface area contributed by atoms with Gasteiger partial charge in [0.05, 0.1) is 0 Å². The number of amides is 7. The number of fused-ring (bicyclic) bond motifs is 3. The van der Waals surface area contributed by atoms with Crippen molar-refractivity contribution in [2.75, 3.05) is 26.7 Å². The Balaban J connectivity index is 1.12. The van der Waals surface area contributed by atoms with Gasteiger partial charge in [-0.15, -0.1) is 0 Å². The molecule has 4 atom stereocenters. The smallest absolute Gasteiger partial charge is 0.429 e. The van der Waals surface area contributed by atoms with Crippen molar-refractivity contribution >= 4 is 41.9 Å². The predicted octanol–water partition coefficient (Wildman–Crippen LogP) is 6.70. The van der Waals surface area contributed by atoms with Crippen LogP contribution in [0.4, 0.5) is 14.4 Å². The number of carbonyl (C=O) groups is 7. The topological polar surface area (TPSA) is 197 Å². The number of rotatable bonds is 13. The number of hydroxylamine groups is 2. The van der Waals surface area contributed by atoms with Crippen molar-refractivity contribution in [3.05, 3.63) is 131 Å². The lowest BCUT2D eigenvalue weighted by Gasteiger charge is -2.43. The zero-order chi connectivity index (χ0) is 50.1. The van der Waals surface area contributed by atoms with Crippen LogP contribution in [0.1, 0.15) is 88.5 Å². The van der Waals surface area contributed by atoms with E-state index in [0.717, 1.165) is 37.3 Å². The minimum Gasteiger partial charge on any atom is -0.447 e. The number of nitrogens with one attached hydrogen (secondary N) is 2. The minimum absolute atomic E-state index is 0.00982. The Labute approximate surface area is 407 Å². The van der Waals surface area contributed by atoms with Crippen LogP contribution in [0.2, 0.25) is 0 Å². The van der Waals surface area contributed by atoms with E-state index in [9.17, 15) is 28.8 Å². The molecule has 1 aliphatic carbocycles. The van der Waals surface area contributed by atoms with Gasteiger partial charge in [0.25, 0.3) is 11.8 Å². The van der Waals surface area contributed by atoms with Crippen molar-refractivity contribution in [3.8, 4) is 11.1 Å². The van der Waals surface area contributed by atoms with Crippen LogP contribution < -0.4 is 10.9 Å². The monoisotopic (exact) mass is 959 g/mol. The molecule has 7 amide bonds. The van der Waals surface area contributed by atoms with E-state index in [-0.39, 0.29) is 51.7 Å². The molecule has 2 N–H and O–H groups in total. The molecule has 0 saturated carbocycles. The van der Waals surface area contributed by atoms with Gasteiger partial charge in [-0.05, 0) is 93.7 Å². The van der Waals surface area contributed by atoms with E-state index >= 15 is 4.79 Å². The molecule has 18 nitrogen and oxygen atoms in total. The van der Waals surface area contributed by atoms with E-state index in [0.29, 0.717) is 24.0 Å². The lowest BCUT2D eigenvalue weighted by molar-refractivity contribution is -0.216. The molecule has 4 aromatic carbocycles. The Bertz CT molecular complexity index is 2490. The van der Waals surface area contributed by atoms with Crippen LogP contribution in [0.5, 0.6) is 0 Å². The lowest BCUT2D eigenvalue weighted by Crippen LogP contribution is -2.64. The summed E-state index contributed by atoms with van der Waals surface area (Å²) >= 11 is 0. The second-order valence-electron chi connectivity index (χ2n) is 18.5. The first-order valence-electron chi connectivity index (χ1n) is 23.5. The van der Waals surface area contributed by atoms with Crippen LogP contribution in [0.25, 0.3) is 11.1 Å². The van der Waals surface area contributed by atoms with E-state index in [1.165, 1.54) is 30.7 Å². The van der Waals surface area contributed by atoms with Crippen molar-refractivity contribution < 1.29 is 52.6 Å². The predicted molar refractivity (Wildman–Crippen MR) is 255 cm³/mol. The maximum absolute atomic E-state index is 15.2. The van der Waals surface area contributed by atoms with Crippen LogP contribution in [0.15, 0.2) is 109 Å². The summed E-state index contributed by atoms with van der Waals surface area (Å²) in [5.41, 5.74) is 9.06. The molecule has 0 unspecified atom stereocenters. The molecule has 7 rings (SSSR count). The van der Waals surface area contributed by atoms with Crippen molar-refractivity contribution in [1.82, 2.24) is 35.7 Å². The highest BCUT2D eigenvalue weighted by molar-refractivity contribution is 5.95. The Kier molecular flexibility index (Phi) is 16.1. The van der Waals surface area contributed by atoms with E-state index in [4.69, 9.17) is 19.0 Å². The first-order valence-corrected chi connectivity index (χ1v) is 23.5. The van der Waals surface area contributed by atoms with Crippen LogP contribution in [0, 0.1) is 0 Å². The third kappa shape index (κ3) is 11.7. The number of ether oxygens (including phenoxy) is 3. The van der Waals surface area contributed by atoms with Gasteiger partial charge in [-0.1, -0.05) is 109 Å². The van der Waals surface area contributed by atoms with Gasteiger partial charge < -0.3 is 24.0 Å². The zero-order valence-corrected chi connectivity index (χ0v) is 40.4. The van der Waals surface area contributed by atoms with Crippen LogP contribution >= 0.6 is 0 Å². The number of hydrazine groups is 2. The Morgan fingerprint density at radius 1 is 0.671 bits per heavy atom. The fraction of sp³-hybridized carbons (Fsp3) is 0.404. The first kappa shape index (κ1) is 50.4. The molecule has 0 bridgehead atoms. The van der Waals surface area contributed by atoms with Crippen molar-refractivity contribution in [2.24, 2.45) is 0 Å². The summed E-state index contributed by atoms with van der Waals surface area (Å²) in [5, 5.41) is 2.92. The van der Waals surface area contributed by atoms with E-state index in [1.807, 2.05) is 60.7 Å². The normalized spacial score (nSPS) is 17.3. The summed E-state index contributed by atoms with van der Waals surface area (Å²) < 4.78 is 17.0. The number of nitrogens with zero attached hydrogens (tertiary/aromatic N) is 5. The van der Waals surface area contributed by atoms with Gasteiger partial charge in [0.2, 0.25) is 11.8 Å². The number of benzene rings is 4. The molecule has 2 heterocycles. The van der Waals surface area contributed by atoms with Crippen LogP contribution in [-0.4, -0.2) is 123 Å². The molecule has 2 saturated heterocycles. The summed E-state index contributed by atoms with van der Waals surface area (Å²) in [7, 11) is 1.41. The van der Waals surface area contributed by atoms with Crippen LogP contribution in [-0.2, 0) is 51.4 Å². The molecule has 370 valence electrons. The van der Waals surface area contributed by atoms with Gasteiger partial charge in [-0.25, -0.2) is 34.9 Å². The van der Waals surface area contributed by atoms with Gasteiger partial charge in [0.15, 0.2) is 0 Å². The second-order valence-corrected chi connectivity index (χ2v) is 18.5. The average molecular weight is 960 g/mol. The minimum atomic E-state index is -1.41. The highest BCUT2D eigenvalue weighted by Gasteiger charge is 2.47. The van der Waals surface area contributed by atoms with Crippen LogP contribution in [0.3, 0.4) is 0 Å². The lowest BCUT2D eigenvalue weighted by atomic mass is 9.98. The standard InChI is InChI=1S/C52H61N7O11/c1-34(47(62)56-29-17-27-43(56)45(60)53-54-49(64)70-52(3,4)5)55(6)46(61)35(2)59(69-32-37-21-11-8-12-22-37)48(63)44-28-18-30-57(50(65)67-31-36-19-9-7-10-20-36)58(44)51(66)68-33-42-40-25-15-13-23-38(40)39-24-14-16-26-41(39)42/h7-16,19-26,34-35,42-44H,17-18,27-33H2,1-6H3,(H,53,60)(H,54,64)/t34-,35+,43+,44-/m1/s1. The first-order chi connectivity index (χ1) is 33.5. The van der Waals surface area contributed by atoms with Gasteiger partial charge in [-0.2, -0.15) is 0 Å². The molecule has 0 radical (unpaired) electrons. The Morgan fingerprint density at radius 2 is 1.23 bits per heavy atom. The highest BCUT2D eigenvalue weighted by atomic mass is 16.7. The summed E-state index contributed by atoms with van der Waals surface area (Å²) in [6.07, 6.45) is -1.62. The summed E-state index contributed by atoms with van der Waals surface area (Å²) in [4.78, 5) is 107. The number of hydrogen-bond acceptors (Lipinski definition) is 11. The van der Waals surface area contributed by atoms with Gasteiger partial charge in [0, 0.05) is 26.1 Å². The summed E-state index contributed by atoms with van der Waals surface area (Å²) in [6.45, 7) is 7.82. The van der Waals surface area contributed by atoms with Crippen molar-refractivity contribution in [3.63, 3.8) is 0 Å². The van der Waals surface area contributed by atoms with Gasteiger partial charge in [-0.3, -0.25) is 29.4 Å². The number of hydrogen-bond donors (Lipinski definition) is 2. The SMILES string of the molecule is C[C@H](C(=O)N1CCC[C@H]1C(=O)NNC(=O)OC(C)(C)C)N(C)C(=O)[C@H](C)N(OCc1ccccc1)C(=O)[C@H]1CCCN(C(=O)OCc2ccccc2)N1C(=O)OCC1c2ccccc2-c2ccccc21. The molecule has 70 heavy (non-hydrogen) atoms. The maximum Gasteiger partial charge on any atom is 0.429 e. The average Bonchev–Trinajstić information content (AvgIpc) is 3.99. The molecule has 18 heteroatoms. The molecule has 3 aliphatic rings. The summed E-state index contributed by atoms with van der Waals surface area (Å²) in [5.74, 6) is -3.04. The number of carbonyl (C=O) groups excluding carboxylic acids is 7. The van der Waals surface area contributed by atoms with E-state index in [1.54, 1.807) is 69.3 Å². The second kappa shape index (κ2) is 22.3.